The molecule has 0 spiro atoms. The first-order valence-electron chi connectivity index (χ1n) is 32.3. The van der Waals surface area contributed by atoms with Crippen LogP contribution >= 0.6 is 0 Å². The van der Waals surface area contributed by atoms with Gasteiger partial charge in [0, 0.05) is 19.3 Å². The Labute approximate surface area is 460 Å². The highest BCUT2D eigenvalue weighted by Crippen LogP contribution is 2.17. The third-order valence-corrected chi connectivity index (χ3v) is 14.3. The number of ether oxygens (including phenoxy) is 3. The van der Waals surface area contributed by atoms with Crippen molar-refractivity contribution >= 4 is 17.9 Å². The van der Waals surface area contributed by atoms with Gasteiger partial charge in [-0.3, -0.25) is 14.4 Å². The van der Waals surface area contributed by atoms with Gasteiger partial charge >= 0.3 is 17.9 Å². The molecule has 6 nitrogen and oxygen atoms in total. The Balaban J connectivity index is 4.29. The van der Waals surface area contributed by atoms with E-state index in [0.717, 1.165) is 89.9 Å². The molecule has 0 aromatic heterocycles. The SMILES string of the molecule is CC/C=C\C/C=C\C/C=C\C/C=C\CCCCCCCCCCC(=O)OC(COC(=O)CCCCCCCCCCCCCC)COC(=O)CCCCCCCCCCCCC/C=C\CCCCCCCCCC. The second kappa shape index (κ2) is 62.6. The molecule has 0 amide bonds. The zero-order valence-corrected chi connectivity index (χ0v) is 49.4. The van der Waals surface area contributed by atoms with E-state index in [4.69, 9.17) is 14.2 Å². The average molecular weight is 1040 g/mol. The van der Waals surface area contributed by atoms with Gasteiger partial charge in [0.05, 0.1) is 0 Å². The molecule has 6 heteroatoms. The Hall–Kier alpha value is -2.89. The minimum Gasteiger partial charge on any atom is -0.462 e. The molecule has 0 aliphatic heterocycles. The van der Waals surface area contributed by atoms with Crippen molar-refractivity contribution in [3.05, 3.63) is 60.8 Å². The molecular weight excluding hydrogens is 913 g/mol. The van der Waals surface area contributed by atoms with Crippen LogP contribution in [0.15, 0.2) is 60.8 Å². The molecule has 0 saturated carbocycles. The van der Waals surface area contributed by atoms with Gasteiger partial charge in [-0.25, -0.2) is 0 Å². The van der Waals surface area contributed by atoms with Crippen LogP contribution in [0.5, 0.6) is 0 Å². The van der Waals surface area contributed by atoms with Crippen LogP contribution < -0.4 is 0 Å². The molecule has 0 fully saturated rings. The van der Waals surface area contributed by atoms with Gasteiger partial charge in [-0.15, -0.1) is 0 Å². The van der Waals surface area contributed by atoms with Crippen LogP contribution in [0.2, 0.25) is 0 Å². The van der Waals surface area contributed by atoms with Crippen LogP contribution in [-0.2, 0) is 28.6 Å². The van der Waals surface area contributed by atoms with Gasteiger partial charge in [0.2, 0.25) is 0 Å². The van der Waals surface area contributed by atoms with Gasteiger partial charge in [0.1, 0.15) is 13.2 Å². The first-order valence-corrected chi connectivity index (χ1v) is 32.3. The maximum absolute atomic E-state index is 12.9. The number of allylic oxidation sites excluding steroid dienone is 10. The Morgan fingerprint density at radius 3 is 0.838 bits per heavy atom. The molecule has 0 aromatic carbocycles. The molecule has 0 heterocycles. The molecule has 0 aliphatic carbocycles. The number of rotatable bonds is 59. The van der Waals surface area contributed by atoms with Gasteiger partial charge in [-0.05, 0) is 83.5 Å². The third-order valence-electron chi connectivity index (χ3n) is 14.3. The monoisotopic (exact) mass is 1030 g/mol. The van der Waals surface area contributed by atoms with E-state index in [0.29, 0.717) is 19.3 Å². The molecule has 0 radical (unpaired) electrons. The van der Waals surface area contributed by atoms with Gasteiger partial charge in [0.15, 0.2) is 6.10 Å². The first kappa shape index (κ1) is 71.1. The fraction of sp³-hybridized carbons (Fsp3) is 0.809. The lowest BCUT2D eigenvalue weighted by Crippen LogP contribution is -2.30. The van der Waals surface area contributed by atoms with Gasteiger partial charge in [-0.2, -0.15) is 0 Å². The summed E-state index contributed by atoms with van der Waals surface area (Å²) in [5.41, 5.74) is 0. The van der Waals surface area contributed by atoms with Gasteiger partial charge in [-0.1, -0.05) is 293 Å². The molecule has 0 N–H and O–H groups in total. The molecule has 0 aromatic rings. The van der Waals surface area contributed by atoms with Crippen molar-refractivity contribution < 1.29 is 28.6 Å². The normalized spacial score (nSPS) is 12.4. The summed E-state index contributed by atoms with van der Waals surface area (Å²) in [6.07, 6.45) is 79.4. The number of unbranched alkanes of at least 4 members (excludes halogenated alkanes) is 38. The lowest BCUT2D eigenvalue weighted by molar-refractivity contribution is -0.167. The van der Waals surface area contributed by atoms with E-state index in [1.54, 1.807) is 0 Å². The summed E-state index contributed by atoms with van der Waals surface area (Å²) in [5.74, 6) is -0.865. The highest BCUT2D eigenvalue weighted by Gasteiger charge is 2.19. The molecule has 0 aliphatic rings. The maximum atomic E-state index is 12.9. The van der Waals surface area contributed by atoms with E-state index in [2.05, 4.69) is 81.5 Å². The van der Waals surface area contributed by atoms with Crippen molar-refractivity contribution in [1.29, 1.82) is 0 Å². The van der Waals surface area contributed by atoms with Crippen molar-refractivity contribution in [3.63, 3.8) is 0 Å². The summed E-state index contributed by atoms with van der Waals surface area (Å²) in [6, 6.07) is 0. The average Bonchev–Trinajstić information content (AvgIpc) is 3.40. The predicted molar refractivity (Wildman–Crippen MR) is 321 cm³/mol. The van der Waals surface area contributed by atoms with Crippen LogP contribution in [0.3, 0.4) is 0 Å². The van der Waals surface area contributed by atoms with Crippen molar-refractivity contribution in [3.8, 4) is 0 Å². The minimum absolute atomic E-state index is 0.0742. The van der Waals surface area contributed by atoms with E-state index in [1.165, 1.54) is 205 Å². The zero-order valence-electron chi connectivity index (χ0n) is 49.4. The number of carbonyl (C=O) groups is 3. The standard InChI is InChI=1S/C68H122O6/c1-4-7-10-13-16-19-22-25-27-29-31-33-34-36-37-39-41-43-46-49-52-55-58-61-67(70)73-64-65(63-72-66(69)60-57-54-51-48-45-24-21-18-15-12-9-6-3)74-68(71)62-59-56-53-50-47-44-42-40-38-35-32-30-28-26-23-20-17-14-11-8-5-2/h8,11,17,20,26,28-29,31-32,35,65H,4-7,9-10,12-16,18-19,21-25,27,30,33-34,36-64H2,1-3H3/b11-8-,20-17-,28-26-,31-29-,35-32-. The molecule has 74 heavy (non-hydrogen) atoms. The summed E-state index contributed by atoms with van der Waals surface area (Å²) < 4.78 is 16.9. The minimum atomic E-state index is -0.778. The lowest BCUT2D eigenvalue weighted by Gasteiger charge is -2.18. The van der Waals surface area contributed by atoms with E-state index < -0.39 is 6.10 Å². The van der Waals surface area contributed by atoms with Crippen LogP contribution in [0, 0.1) is 0 Å². The van der Waals surface area contributed by atoms with Crippen LogP contribution in [0.4, 0.5) is 0 Å². The molecule has 430 valence electrons. The molecule has 1 unspecified atom stereocenters. The van der Waals surface area contributed by atoms with Crippen LogP contribution in [0.1, 0.15) is 335 Å². The Bertz CT molecular complexity index is 1330. The summed E-state index contributed by atoms with van der Waals surface area (Å²) in [5, 5.41) is 0. The second-order valence-electron chi connectivity index (χ2n) is 21.6. The van der Waals surface area contributed by atoms with Gasteiger partial charge in [0.25, 0.3) is 0 Å². The summed E-state index contributed by atoms with van der Waals surface area (Å²) in [7, 11) is 0. The largest absolute Gasteiger partial charge is 0.462 e. The molecule has 0 bridgehead atoms. The summed E-state index contributed by atoms with van der Waals surface area (Å²) >= 11 is 0. The molecular formula is C68H122O6. The Morgan fingerprint density at radius 2 is 0.527 bits per heavy atom. The van der Waals surface area contributed by atoms with Crippen molar-refractivity contribution in [2.75, 3.05) is 13.2 Å². The second-order valence-corrected chi connectivity index (χ2v) is 21.6. The number of hydrogen-bond donors (Lipinski definition) is 0. The van der Waals surface area contributed by atoms with Gasteiger partial charge < -0.3 is 14.2 Å². The fourth-order valence-electron chi connectivity index (χ4n) is 9.43. The highest BCUT2D eigenvalue weighted by molar-refractivity contribution is 5.71. The number of hydrogen-bond acceptors (Lipinski definition) is 6. The first-order chi connectivity index (χ1) is 36.5. The zero-order chi connectivity index (χ0) is 53.6. The van der Waals surface area contributed by atoms with Crippen molar-refractivity contribution in [2.45, 2.75) is 341 Å². The summed E-state index contributed by atoms with van der Waals surface area (Å²) in [4.78, 5) is 38.3. The smallest absolute Gasteiger partial charge is 0.306 e. The highest BCUT2D eigenvalue weighted by atomic mass is 16.6. The topological polar surface area (TPSA) is 78.9 Å². The van der Waals surface area contributed by atoms with Crippen molar-refractivity contribution in [1.82, 2.24) is 0 Å². The lowest BCUT2D eigenvalue weighted by atomic mass is 10.0. The van der Waals surface area contributed by atoms with E-state index in [-0.39, 0.29) is 31.1 Å². The fourth-order valence-corrected chi connectivity index (χ4v) is 9.43. The quantitative estimate of drug-likeness (QED) is 0.0261. The maximum Gasteiger partial charge on any atom is 0.306 e. The molecule has 0 rings (SSSR count). The van der Waals surface area contributed by atoms with E-state index in [9.17, 15) is 14.4 Å². The Morgan fingerprint density at radius 1 is 0.284 bits per heavy atom. The predicted octanol–water partition coefficient (Wildman–Crippen LogP) is 21.9. The molecule has 0 saturated heterocycles. The third kappa shape index (κ3) is 60.0. The number of esters is 3. The molecule has 1 atom stereocenters. The van der Waals surface area contributed by atoms with Crippen LogP contribution in [-0.4, -0.2) is 37.2 Å². The van der Waals surface area contributed by atoms with E-state index in [1.807, 2.05) is 0 Å². The van der Waals surface area contributed by atoms with Crippen molar-refractivity contribution in [2.24, 2.45) is 0 Å². The number of carbonyl (C=O) groups excluding carboxylic acids is 3. The Kier molecular flexibility index (Phi) is 60.2. The van der Waals surface area contributed by atoms with E-state index >= 15 is 0 Å². The summed E-state index contributed by atoms with van der Waals surface area (Å²) in [6.45, 7) is 6.56. The van der Waals surface area contributed by atoms with Crippen LogP contribution in [0.25, 0.3) is 0 Å².